The van der Waals surface area contributed by atoms with Crippen molar-refractivity contribution in [3.8, 4) is 0 Å². The fraction of sp³-hybridized carbons (Fsp3) is 0.273. The smallest absolute Gasteiger partial charge is 0.231 e. The van der Waals surface area contributed by atoms with Crippen LogP contribution < -0.4 is 10.2 Å². The SMILES string of the molecule is O=C(Nc1ccc(Cl)cc1)[C@H]1CC=C[C@H]2CCN(c3ccccc3)C(=O)[C@@H]12. The summed E-state index contributed by atoms with van der Waals surface area (Å²) in [4.78, 5) is 28.0. The van der Waals surface area contributed by atoms with Crippen LogP contribution in [0.15, 0.2) is 66.7 Å². The molecule has 0 aromatic heterocycles. The third-order valence-corrected chi connectivity index (χ3v) is 5.67. The first-order valence-electron chi connectivity index (χ1n) is 9.23. The van der Waals surface area contributed by atoms with Crippen LogP contribution in [-0.4, -0.2) is 18.4 Å². The molecule has 2 aromatic carbocycles. The van der Waals surface area contributed by atoms with Gasteiger partial charge in [0.1, 0.15) is 0 Å². The molecule has 0 saturated carbocycles. The van der Waals surface area contributed by atoms with Gasteiger partial charge >= 0.3 is 0 Å². The van der Waals surface area contributed by atoms with Crippen molar-refractivity contribution in [2.45, 2.75) is 12.8 Å². The van der Waals surface area contributed by atoms with Crippen molar-refractivity contribution in [2.75, 3.05) is 16.8 Å². The number of anilines is 2. The molecule has 1 N–H and O–H groups in total. The molecule has 1 saturated heterocycles. The number of nitrogens with one attached hydrogen (secondary N) is 1. The number of halogens is 1. The van der Waals surface area contributed by atoms with Gasteiger partial charge in [-0.1, -0.05) is 42.0 Å². The molecule has 2 aromatic rings. The van der Waals surface area contributed by atoms with Crippen LogP contribution in [0, 0.1) is 17.8 Å². The number of fused-ring (bicyclic) bond motifs is 1. The van der Waals surface area contributed by atoms with Crippen LogP contribution in [0.25, 0.3) is 0 Å². The average Bonchev–Trinajstić information content (AvgIpc) is 2.70. The molecule has 1 aliphatic heterocycles. The van der Waals surface area contributed by atoms with Gasteiger partial charge < -0.3 is 10.2 Å². The summed E-state index contributed by atoms with van der Waals surface area (Å²) in [6.07, 6.45) is 5.59. The molecule has 4 nitrogen and oxygen atoms in total. The Morgan fingerprint density at radius 1 is 1.07 bits per heavy atom. The second kappa shape index (κ2) is 7.57. The van der Waals surface area contributed by atoms with E-state index in [1.807, 2.05) is 41.3 Å². The predicted octanol–water partition coefficient (Wildman–Crippen LogP) is 4.52. The number of para-hydroxylation sites is 1. The Balaban J connectivity index is 1.56. The van der Waals surface area contributed by atoms with Gasteiger partial charge in [-0.15, -0.1) is 0 Å². The van der Waals surface area contributed by atoms with E-state index in [2.05, 4.69) is 11.4 Å². The highest BCUT2D eigenvalue weighted by Crippen LogP contribution is 2.39. The molecule has 1 heterocycles. The Morgan fingerprint density at radius 3 is 2.56 bits per heavy atom. The molecule has 27 heavy (non-hydrogen) atoms. The van der Waals surface area contributed by atoms with E-state index in [0.29, 0.717) is 23.7 Å². The van der Waals surface area contributed by atoms with Crippen molar-refractivity contribution in [3.05, 3.63) is 71.8 Å². The van der Waals surface area contributed by atoms with Crippen LogP contribution in [0.1, 0.15) is 12.8 Å². The summed E-state index contributed by atoms with van der Waals surface area (Å²) in [6, 6.07) is 16.7. The standard InChI is InChI=1S/C22H21ClN2O2/c23-16-9-11-17(12-10-16)24-21(26)19-8-4-5-15-13-14-25(22(27)20(15)19)18-6-2-1-3-7-18/h1-7,9-12,15,19-20H,8,13-14H2,(H,24,26)/t15-,19-,20+/m0/s1. The molecule has 3 atom stereocenters. The predicted molar refractivity (Wildman–Crippen MR) is 108 cm³/mol. The normalized spacial score (nSPS) is 24.4. The van der Waals surface area contributed by atoms with E-state index in [1.54, 1.807) is 24.3 Å². The van der Waals surface area contributed by atoms with E-state index in [9.17, 15) is 9.59 Å². The van der Waals surface area contributed by atoms with Gasteiger partial charge in [-0.25, -0.2) is 0 Å². The van der Waals surface area contributed by atoms with E-state index in [0.717, 1.165) is 12.1 Å². The largest absolute Gasteiger partial charge is 0.326 e. The Hall–Kier alpha value is -2.59. The van der Waals surface area contributed by atoms with Gasteiger partial charge in [-0.3, -0.25) is 9.59 Å². The Kier molecular flexibility index (Phi) is 4.99. The minimum atomic E-state index is -0.366. The lowest BCUT2D eigenvalue weighted by Crippen LogP contribution is -2.51. The van der Waals surface area contributed by atoms with E-state index in [1.165, 1.54) is 0 Å². The van der Waals surface area contributed by atoms with Crippen molar-refractivity contribution < 1.29 is 9.59 Å². The van der Waals surface area contributed by atoms with Gasteiger partial charge in [0.25, 0.3) is 0 Å². The fourth-order valence-electron chi connectivity index (χ4n) is 4.07. The number of piperidine rings is 1. The van der Waals surface area contributed by atoms with Crippen molar-refractivity contribution in [1.29, 1.82) is 0 Å². The van der Waals surface area contributed by atoms with Crippen molar-refractivity contribution >= 4 is 34.8 Å². The zero-order chi connectivity index (χ0) is 18.8. The first-order chi connectivity index (χ1) is 13.1. The number of nitrogens with zero attached hydrogens (tertiary/aromatic N) is 1. The Morgan fingerprint density at radius 2 is 1.81 bits per heavy atom. The zero-order valence-corrected chi connectivity index (χ0v) is 15.6. The molecule has 1 aliphatic carbocycles. The monoisotopic (exact) mass is 380 g/mol. The number of rotatable bonds is 3. The van der Waals surface area contributed by atoms with Crippen molar-refractivity contribution in [1.82, 2.24) is 0 Å². The summed E-state index contributed by atoms with van der Waals surface area (Å²) in [5.74, 6) is -0.642. The number of amides is 2. The molecule has 1 fully saturated rings. The lowest BCUT2D eigenvalue weighted by Gasteiger charge is -2.41. The highest BCUT2D eigenvalue weighted by molar-refractivity contribution is 6.30. The van der Waals surface area contributed by atoms with Gasteiger partial charge in [-0.05, 0) is 55.2 Å². The minimum absolute atomic E-state index is 0.0399. The highest BCUT2D eigenvalue weighted by Gasteiger charge is 2.44. The molecule has 0 radical (unpaired) electrons. The summed E-state index contributed by atoms with van der Waals surface area (Å²) >= 11 is 5.91. The summed E-state index contributed by atoms with van der Waals surface area (Å²) in [5, 5.41) is 3.56. The van der Waals surface area contributed by atoms with Gasteiger partial charge in [-0.2, -0.15) is 0 Å². The Labute approximate surface area is 163 Å². The van der Waals surface area contributed by atoms with Gasteiger partial charge in [0, 0.05) is 22.9 Å². The molecule has 0 spiro atoms. The quantitative estimate of drug-likeness (QED) is 0.795. The number of hydrogen-bond acceptors (Lipinski definition) is 2. The second-order valence-corrected chi connectivity index (χ2v) is 7.51. The lowest BCUT2D eigenvalue weighted by molar-refractivity contribution is -0.133. The van der Waals surface area contributed by atoms with Gasteiger partial charge in [0.15, 0.2) is 0 Å². The topological polar surface area (TPSA) is 49.4 Å². The van der Waals surface area contributed by atoms with Crippen LogP contribution in [0.5, 0.6) is 0 Å². The molecule has 5 heteroatoms. The van der Waals surface area contributed by atoms with Crippen LogP contribution in [0.3, 0.4) is 0 Å². The maximum atomic E-state index is 13.3. The maximum Gasteiger partial charge on any atom is 0.231 e. The number of hydrogen-bond donors (Lipinski definition) is 1. The summed E-state index contributed by atoms with van der Waals surface area (Å²) in [6.45, 7) is 0.680. The van der Waals surface area contributed by atoms with Crippen LogP contribution >= 0.6 is 11.6 Å². The number of allylic oxidation sites excluding steroid dienone is 2. The minimum Gasteiger partial charge on any atom is -0.326 e. The first kappa shape index (κ1) is 17.8. The zero-order valence-electron chi connectivity index (χ0n) is 14.8. The fourth-order valence-corrected chi connectivity index (χ4v) is 4.19. The maximum absolute atomic E-state index is 13.3. The van der Waals surface area contributed by atoms with E-state index >= 15 is 0 Å². The van der Waals surface area contributed by atoms with Crippen LogP contribution in [0.2, 0.25) is 5.02 Å². The second-order valence-electron chi connectivity index (χ2n) is 7.07. The number of benzene rings is 2. The molecule has 4 rings (SSSR count). The number of carbonyl (C=O) groups excluding carboxylic acids is 2. The first-order valence-corrected chi connectivity index (χ1v) is 9.61. The number of carbonyl (C=O) groups is 2. The third-order valence-electron chi connectivity index (χ3n) is 5.42. The lowest BCUT2D eigenvalue weighted by atomic mass is 9.71. The molecule has 0 unspecified atom stereocenters. The molecule has 2 amide bonds. The Bertz CT molecular complexity index is 864. The van der Waals surface area contributed by atoms with Crippen LogP contribution in [0.4, 0.5) is 11.4 Å². The summed E-state index contributed by atoms with van der Waals surface area (Å²) in [7, 11) is 0. The highest BCUT2D eigenvalue weighted by atomic mass is 35.5. The van der Waals surface area contributed by atoms with E-state index < -0.39 is 0 Å². The molecular weight excluding hydrogens is 360 g/mol. The summed E-state index contributed by atoms with van der Waals surface area (Å²) < 4.78 is 0. The molecular formula is C22H21ClN2O2. The van der Waals surface area contributed by atoms with Crippen molar-refractivity contribution in [2.24, 2.45) is 17.8 Å². The summed E-state index contributed by atoms with van der Waals surface area (Å²) in [5.41, 5.74) is 1.59. The molecule has 2 aliphatic rings. The van der Waals surface area contributed by atoms with Crippen LogP contribution in [-0.2, 0) is 9.59 Å². The average molecular weight is 381 g/mol. The van der Waals surface area contributed by atoms with E-state index in [-0.39, 0.29) is 29.6 Å². The molecule has 0 bridgehead atoms. The molecule has 138 valence electrons. The van der Waals surface area contributed by atoms with E-state index in [4.69, 9.17) is 11.6 Å². The van der Waals surface area contributed by atoms with Gasteiger partial charge in [0.2, 0.25) is 11.8 Å². The van der Waals surface area contributed by atoms with Gasteiger partial charge in [0.05, 0.1) is 11.8 Å². The van der Waals surface area contributed by atoms with Crippen molar-refractivity contribution in [3.63, 3.8) is 0 Å². The third kappa shape index (κ3) is 3.62.